The Morgan fingerprint density at radius 3 is 2.81 bits per heavy atom. The fourth-order valence-electron chi connectivity index (χ4n) is 3.31. The zero-order chi connectivity index (χ0) is 19.5. The van der Waals surface area contributed by atoms with Crippen LogP contribution in [0.1, 0.15) is 32.6 Å². The van der Waals surface area contributed by atoms with E-state index in [0.717, 1.165) is 13.1 Å². The summed E-state index contributed by atoms with van der Waals surface area (Å²) in [6, 6.07) is 3.81. The quantitative estimate of drug-likeness (QED) is 0.324. The molecule has 8 nitrogen and oxygen atoms in total. The van der Waals surface area contributed by atoms with Gasteiger partial charge in [-0.2, -0.15) is 0 Å². The van der Waals surface area contributed by atoms with Crippen LogP contribution in [-0.4, -0.2) is 70.1 Å². The molecule has 1 aliphatic heterocycles. The zero-order valence-electron chi connectivity index (χ0n) is 16.3. The van der Waals surface area contributed by atoms with E-state index in [1.807, 2.05) is 0 Å². The van der Waals surface area contributed by atoms with Gasteiger partial charge >= 0.3 is 0 Å². The highest BCUT2D eigenvalue weighted by atomic mass is 32.2. The molecule has 2 heterocycles. The van der Waals surface area contributed by atoms with Crippen molar-refractivity contribution in [3.63, 3.8) is 0 Å². The normalized spacial score (nSPS) is 19.0. The Bertz CT molecular complexity index is 680. The van der Waals surface area contributed by atoms with Crippen LogP contribution in [-0.2, 0) is 10.0 Å². The van der Waals surface area contributed by atoms with Crippen molar-refractivity contribution in [1.82, 2.24) is 25.2 Å². The lowest BCUT2D eigenvalue weighted by molar-refractivity contribution is 0.147. The van der Waals surface area contributed by atoms with Gasteiger partial charge in [-0.3, -0.25) is 14.9 Å². The molecule has 1 aliphatic rings. The molecular formula is C18H32N6O2S. The predicted molar refractivity (Wildman–Crippen MR) is 108 cm³/mol. The molecule has 9 heteroatoms. The Labute approximate surface area is 162 Å². The summed E-state index contributed by atoms with van der Waals surface area (Å²) in [6.45, 7) is 5.94. The summed E-state index contributed by atoms with van der Waals surface area (Å²) in [4.78, 5) is 10.7. The van der Waals surface area contributed by atoms with Gasteiger partial charge in [-0.15, -0.1) is 0 Å². The number of hydrogen-bond donors (Lipinski definition) is 3. The summed E-state index contributed by atoms with van der Waals surface area (Å²) in [7, 11) is -1.81. The van der Waals surface area contributed by atoms with E-state index >= 15 is 0 Å². The summed E-state index contributed by atoms with van der Waals surface area (Å²) in [5.41, 5.74) is 0. The molecule has 0 aliphatic carbocycles. The number of likely N-dealkylation sites (tertiary alicyclic amines) is 1. The maximum absolute atomic E-state index is 12.1. The Kier molecular flexibility index (Phi) is 8.96. The number of nitrogens with one attached hydrogen (secondary N) is 3. The van der Waals surface area contributed by atoms with Gasteiger partial charge < -0.3 is 10.6 Å². The molecule has 152 valence electrons. The van der Waals surface area contributed by atoms with E-state index in [-0.39, 0.29) is 11.4 Å². The summed E-state index contributed by atoms with van der Waals surface area (Å²) < 4.78 is 26.8. The number of hydrogen-bond acceptors (Lipinski definition) is 5. The molecule has 27 heavy (non-hydrogen) atoms. The van der Waals surface area contributed by atoms with Gasteiger partial charge in [-0.05, 0) is 37.9 Å². The van der Waals surface area contributed by atoms with Gasteiger partial charge in [0, 0.05) is 51.7 Å². The van der Waals surface area contributed by atoms with Crippen LogP contribution in [0.25, 0.3) is 0 Å². The fourth-order valence-corrected chi connectivity index (χ4v) is 4.31. The van der Waals surface area contributed by atoms with E-state index in [4.69, 9.17) is 0 Å². The Hall–Kier alpha value is -1.71. The first kappa shape index (κ1) is 21.6. The highest BCUT2D eigenvalue weighted by Gasteiger charge is 2.20. The van der Waals surface area contributed by atoms with Gasteiger partial charge in [0.25, 0.3) is 0 Å². The van der Waals surface area contributed by atoms with Crippen LogP contribution in [0.5, 0.6) is 0 Å². The van der Waals surface area contributed by atoms with E-state index in [9.17, 15) is 8.42 Å². The third-order valence-electron chi connectivity index (χ3n) is 4.79. The standard InChI is InChI=1S/C18H32N6O2S/c1-3-16-7-4-5-13-24(16)14-12-22-18(19-2)21-10-11-23-27(25,26)17-8-6-9-20-15-17/h6,8-9,15-16,23H,3-5,7,10-14H2,1-2H3,(H2,19,21,22). The molecule has 1 aromatic heterocycles. The number of pyridine rings is 1. The van der Waals surface area contributed by atoms with E-state index in [2.05, 4.69) is 37.2 Å². The topological polar surface area (TPSA) is 98.7 Å². The summed E-state index contributed by atoms with van der Waals surface area (Å²) in [5.74, 6) is 0.681. The molecule has 0 amide bonds. The van der Waals surface area contributed by atoms with Crippen molar-refractivity contribution in [2.45, 2.75) is 43.5 Å². The molecule has 2 rings (SSSR count). The maximum Gasteiger partial charge on any atom is 0.242 e. The van der Waals surface area contributed by atoms with Crippen LogP contribution in [0.15, 0.2) is 34.4 Å². The number of piperidine rings is 1. The molecule has 3 N–H and O–H groups in total. The van der Waals surface area contributed by atoms with E-state index < -0.39 is 10.0 Å². The lowest BCUT2D eigenvalue weighted by atomic mass is 10.0. The molecule has 1 unspecified atom stereocenters. The Balaban J connectivity index is 1.67. The van der Waals surface area contributed by atoms with Crippen molar-refractivity contribution >= 4 is 16.0 Å². The van der Waals surface area contributed by atoms with Gasteiger partial charge in [-0.25, -0.2) is 13.1 Å². The molecule has 0 saturated carbocycles. The lowest BCUT2D eigenvalue weighted by Gasteiger charge is -2.35. The number of rotatable bonds is 9. The molecule has 0 aromatic carbocycles. The van der Waals surface area contributed by atoms with Crippen molar-refractivity contribution < 1.29 is 8.42 Å². The van der Waals surface area contributed by atoms with Crippen LogP contribution >= 0.6 is 0 Å². The molecule has 1 fully saturated rings. The number of guanidine groups is 1. The molecule has 0 bridgehead atoms. The number of nitrogens with zero attached hydrogens (tertiary/aromatic N) is 3. The molecule has 0 spiro atoms. The summed E-state index contributed by atoms with van der Waals surface area (Å²) in [5, 5.41) is 6.43. The third kappa shape index (κ3) is 7.08. The number of aromatic nitrogens is 1. The van der Waals surface area contributed by atoms with Gasteiger partial charge in [0.2, 0.25) is 10.0 Å². The summed E-state index contributed by atoms with van der Waals surface area (Å²) in [6.07, 6.45) is 7.98. The SMILES string of the molecule is CCC1CCCCN1CCNC(=NC)NCCNS(=O)(=O)c1cccnc1. The predicted octanol–water partition coefficient (Wildman–Crippen LogP) is 0.789. The maximum atomic E-state index is 12.1. The van der Waals surface area contributed by atoms with E-state index in [1.165, 1.54) is 44.5 Å². The second-order valence-corrected chi connectivity index (χ2v) is 8.37. The highest BCUT2D eigenvalue weighted by Crippen LogP contribution is 2.18. The van der Waals surface area contributed by atoms with Crippen LogP contribution in [0.2, 0.25) is 0 Å². The first-order valence-electron chi connectivity index (χ1n) is 9.65. The number of aliphatic imine (C=N–C) groups is 1. The van der Waals surface area contributed by atoms with Crippen molar-refractivity contribution in [2.75, 3.05) is 39.8 Å². The van der Waals surface area contributed by atoms with Crippen molar-refractivity contribution in [3.05, 3.63) is 24.5 Å². The third-order valence-corrected chi connectivity index (χ3v) is 6.24. The lowest BCUT2D eigenvalue weighted by Crippen LogP contribution is -2.46. The highest BCUT2D eigenvalue weighted by molar-refractivity contribution is 7.89. The first-order valence-corrected chi connectivity index (χ1v) is 11.1. The van der Waals surface area contributed by atoms with Crippen LogP contribution in [0.4, 0.5) is 0 Å². The molecule has 1 saturated heterocycles. The van der Waals surface area contributed by atoms with Crippen molar-refractivity contribution in [1.29, 1.82) is 0 Å². The van der Waals surface area contributed by atoms with E-state index in [0.29, 0.717) is 18.5 Å². The van der Waals surface area contributed by atoms with Gasteiger partial charge in [-0.1, -0.05) is 13.3 Å². The van der Waals surface area contributed by atoms with E-state index in [1.54, 1.807) is 19.3 Å². The smallest absolute Gasteiger partial charge is 0.242 e. The molecular weight excluding hydrogens is 364 g/mol. The van der Waals surface area contributed by atoms with Crippen LogP contribution in [0, 0.1) is 0 Å². The zero-order valence-corrected chi connectivity index (χ0v) is 17.1. The largest absolute Gasteiger partial charge is 0.355 e. The monoisotopic (exact) mass is 396 g/mol. The average molecular weight is 397 g/mol. The van der Waals surface area contributed by atoms with Crippen molar-refractivity contribution in [3.8, 4) is 0 Å². The molecule has 1 aromatic rings. The Morgan fingerprint density at radius 2 is 2.11 bits per heavy atom. The molecule has 1 atom stereocenters. The Morgan fingerprint density at radius 1 is 1.30 bits per heavy atom. The fraction of sp³-hybridized carbons (Fsp3) is 0.667. The minimum Gasteiger partial charge on any atom is -0.355 e. The van der Waals surface area contributed by atoms with Gasteiger partial charge in [0.05, 0.1) is 0 Å². The minimum atomic E-state index is -3.52. The second-order valence-electron chi connectivity index (χ2n) is 6.61. The van der Waals surface area contributed by atoms with Gasteiger partial charge in [0.15, 0.2) is 5.96 Å². The minimum absolute atomic E-state index is 0.166. The molecule has 0 radical (unpaired) electrons. The van der Waals surface area contributed by atoms with Crippen molar-refractivity contribution in [2.24, 2.45) is 4.99 Å². The van der Waals surface area contributed by atoms with Crippen LogP contribution < -0.4 is 15.4 Å². The second kappa shape index (κ2) is 11.2. The first-order chi connectivity index (χ1) is 13.1. The average Bonchev–Trinajstić information content (AvgIpc) is 2.70. The number of sulfonamides is 1. The van der Waals surface area contributed by atoms with Gasteiger partial charge in [0.1, 0.15) is 4.90 Å². The van der Waals surface area contributed by atoms with Crippen LogP contribution in [0.3, 0.4) is 0 Å². The summed E-state index contributed by atoms with van der Waals surface area (Å²) >= 11 is 0.